The van der Waals surface area contributed by atoms with Gasteiger partial charge in [0.1, 0.15) is 11.9 Å². The molecular weight excluding hydrogens is 331 g/mol. The molecule has 0 aromatic heterocycles. The van der Waals surface area contributed by atoms with Crippen molar-refractivity contribution in [1.29, 1.82) is 0 Å². The zero-order chi connectivity index (χ0) is 18.4. The Hall–Kier alpha value is -3.29. The van der Waals surface area contributed by atoms with Gasteiger partial charge in [-0.25, -0.2) is 9.18 Å². The minimum Gasteiger partial charge on any atom is -0.467 e. The van der Waals surface area contributed by atoms with Gasteiger partial charge in [-0.05, 0) is 24.3 Å². The topological polar surface area (TPSA) is 98.5 Å². The SMILES string of the molecule is COC(=O)[C@@H](Cc1ccccc1[N+](=O)[O-])NC(=O)c1ccc(F)cc1. The molecule has 0 aliphatic rings. The minimum absolute atomic E-state index is 0.114. The van der Waals surface area contributed by atoms with Crippen LogP contribution >= 0.6 is 0 Å². The molecule has 1 atom stereocenters. The predicted octanol–water partition coefficient (Wildman–Crippen LogP) is 2.25. The Kier molecular flexibility index (Phi) is 5.78. The average Bonchev–Trinajstić information content (AvgIpc) is 2.61. The van der Waals surface area contributed by atoms with E-state index in [1.807, 2.05) is 0 Å². The van der Waals surface area contributed by atoms with Gasteiger partial charge >= 0.3 is 5.97 Å². The van der Waals surface area contributed by atoms with Gasteiger partial charge in [-0.3, -0.25) is 14.9 Å². The number of nitrogens with zero attached hydrogens (tertiary/aromatic N) is 1. The highest BCUT2D eigenvalue weighted by Gasteiger charge is 2.26. The van der Waals surface area contributed by atoms with Crippen molar-refractivity contribution in [1.82, 2.24) is 5.32 Å². The number of methoxy groups -OCH3 is 1. The molecule has 1 N–H and O–H groups in total. The summed E-state index contributed by atoms with van der Waals surface area (Å²) in [6, 6.07) is 9.56. The lowest BCUT2D eigenvalue weighted by atomic mass is 10.0. The van der Waals surface area contributed by atoms with E-state index in [0.717, 1.165) is 19.2 Å². The fourth-order valence-electron chi connectivity index (χ4n) is 2.26. The Morgan fingerprint density at radius 2 is 1.84 bits per heavy atom. The lowest BCUT2D eigenvalue weighted by Gasteiger charge is -2.16. The van der Waals surface area contributed by atoms with E-state index in [1.54, 1.807) is 6.07 Å². The molecule has 0 spiro atoms. The third-order valence-electron chi connectivity index (χ3n) is 3.51. The number of nitrogens with one attached hydrogen (secondary N) is 1. The van der Waals surface area contributed by atoms with Crippen LogP contribution in [0.2, 0.25) is 0 Å². The summed E-state index contributed by atoms with van der Waals surface area (Å²) in [6.45, 7) is 0. The molecule has 8 heteroatoms. The van der Waals surface area contributed by atoms with Gasteiger partial charge in [-0.1, -0.05) is 18.2 Å². The molecule has 2 aromatic rings. The van der Waals surface area contributed by atoms with Gasteiger partial charge in [-0.2, -0.15) is 0 Å². The average molecular weight is 346 g/mol. The van der Waals surface area contributed by atoms with E-state index < -0.39 is 28.7 Å². The Balaban J connectivity index is 2.22. The van der Waals surface area contributed by atoms with E-state index in [4.69, 9.17) is 0 Å². The number of nitro benzene ring substituents is 1. The van der Waals surface area contributed by atoms with E-state index >= 15 is 0 Å². The van der Waals surface area contributed by atoms with Crippen molar-refractivity contribution in [2.24, 2.45) is 0 Å². The molecule has 0 saturated heterocycles. The summed E-state index contributed by atoms with van der Waals surface area (Å²) < 4.78 is 17.6. The zero-order valence-corrected chi connectivity index (χ0v) is 13.3. The van der Waals surface area contributed by atoms with Crippen molar-refractivity contribution >= 4 is 17.6 Å². The van der Waals surface area contributed by atoms with Gasteiger partial charge in [0, 0.05) is 23.6 Å². The lowest BCUT2D eigenvalue weighted by Crippen LogP contribution is -2.43. The Labute approximate surface area is 142 Å². The Bertz CT molecular complexity index is 792. The molecule has 0 fully saturated rings. The van der Waals surface area contributed by atoms with Crippen LogP contribution in [0, 0.1) is 15.9 Å². The Morgan fingerprint density at radius 1 is 1.20 bits per heavy atom. The highest BCUT2D eigenvalue weighted by molar-refractivity contribution is 5.96. The molecule has 0 radical (unpaired) electrons. The van der Waals surface area contributed by atoms with E-state index in [9.17, 15) is 24.1 Å². The summed E-state index contributed by atoms with van der Waals surface area (Å²) in [5.41, 5.74) is 0.271. The second-order valence-corrected chi connectivity index (χ2v) is 5.15. The molecular formula is C17H15FN2O5. The largest absolute Gasteiger partial charge is 0.467 e. The zero-order valence-electron chi connectivity index (χ0n) is 13.3. The van der Waals surface area contributed by atoms with Gasteiger partial charge in [0.25, 0.3) is 11.6 Å². The van der Waals surface area contributed by atoms with E-state index in [0.29, 0.717) is 0 Å². The molecule has 0 heterocycles. The maximum absolute atomic E-state index is 12.9. The number of halogens is 1. The molecule has 25 heavy (non-hydrogen) atoms. The number of carbonyl (C=O) groups is 2. The van der Waals surface area contributed by atoms with Crippen molar-refractivity contribution < 1.29 is 23.6 Å². The van der Waals surface area contributed by atoms with Crippen LogP contribution in [-0.4, -0.2) is 30.0 Å². The first kappa shape index (κ1) is 18.1. The van der Waals surface area contributed by atoms with Crippen LogP contribution in [0.3, 0.4) is 0 Å². The van der Waals surface area contributed by atoms with Gasteiger partial charge in [0.15, 0.2) is 0 Å². The molecule has 130 valence electrons. The van der Waals surface area contributed by atoms with Crippen molar-refractivity contribution in [3.8, 4) is 0 Å². The number of hydrogen-bond acceptors (Lipinski definition) is 5. The fourth-order valence-corrected chi connectivity index (χ4v) is 2.26. The van der Waals surface area contributed by atoms with E-state index in [1.165, 1.54) is 30.3 Å². The van der Waals surface area contributed by atoms with Crippen LogP contribution in [0.15, 0.2) is 48.5 Å². The van der Waals surface area contributed by atoms with Gasteiger partial charge in [0.2, 0.25) is 0 Å². The van der Waals surface area contributed by atoms with Crippen molar-refractivity contribution in [2.45, 2.75) is 12.5 Å². The Morgan fingerprint density at radius 3 is 2.44 bits per heavy atom. The van der Waals surface area contributed by atoms with Crippen LogP contribution in [0.1, 0.15) is 15.9 Å². The van der Waals surface area contributed by atoms with Crippen LogP contribution in [0.25, 0.3) is 0 Å². The monoisotopic (exact) mass is 346 g/mol. The molecule has 0 unspecified atom stereocenters. The fraction of sp³-hybridized carbons (Fsp3) is 0.176. The maximum Gasteiger partial charge on any atom is 0.328 e. The summed E-state index contributed by atoms with van der Waals surface area (Å²) in [7, 11) is 1.15. The number of benzene rings is 2. The lowest BCUT2D eigenvalue weighted by molar-refractivity contribution is -0.385. The predicted molar refractivity (Wildman–Crippen MR) is 86.5 cm³/mol. The smallest absolute Gasteiger partial charge is 0.328 e. The third-order valence-corrected chi connectivity index (χ3v) is 3.51. The quantitative estimate of drug-likeness (QED) is 0.491. The summed E-state index contributed by atoms with van der Waals surface area (Å²) in [5.74, 6) is -1.86. The first-order valence-electron chi connectivity index (χ1n) is 7.29. The summed E-state index contributed by atoms with van der Waals surface area (Å²) in [5, 5.41) is 13.5. The molecule has 1 amide bonds. The summed E-state index contributed by atoms with van der Waals surface area (Å²) in [4.78, 5) is 34.7. The number of amides is 1. The number of nitro groups is 1. The molecule has 2 aromatic carbocycles. The minimum atomic E-state index is -1.12. The van der Waals surface area contributed by atoms with Crippen LogP contribution in [0.4, 0.5) is 10.1 Å². The summed E-state index contributed by atoms with van der Waals surface area (Å²) >= 11 is 0. The maximum atomic E-state index is 12.9. The molecule has 0 bridgehead atoms. The van der Waals surface area contributed by atoms with Gasteiger partial charge in [-0.15, -0.1) is 0 Å². The highest BCUT2D eigenvalue weighted by Crippen LogP contribution is 2.19. The number of para-hydroxylation sites is 1. The number of ether oxygens (including phenoxy) is 1. The van der Waals surface area contributed by atoms with Gasteiger partial charge < -0.3 is 10.1 Å². The van der Waals surface area contributed by atoms with Crippen molar-refractivity contribution in [2.75, 3.05) is 7.11 Å². The molecule has 0 aliphatic carbocycles. The van der Waals surface area contributed by atoms with E-state index in [-0.39, 0.29) is 23.2 Å². The third kappa shape index (κ3) is 4.60. The summed E-state index contributed by atoms with van der Waals surface area (Å²) in [6.07, 6.45) is -0.114. The number of rotatable bonds is 6. The van der Waals surface area contributed by atoms with Crippen molar-refractivity contribution in [3.63, 3.8) is 0 Å². The number of hydrogen-bond donors (Lipinski definition) is 1. The standard InChI is InChI=1S/C17H15FN2O5/c1-25-17(22)14(10-12-4-2-3-5-15(12)20(23)24)19-16(21)11-6-8-13(18)9-7-11/h2-9,14H,10H2,1H3,(H,19,21)/t14-/m1/s1. The first-order valence-corrected chi connectivity index (χ1v) is 7.29. The highest BCUT2D eigenvalue weighted by atomic mass is 19.1. The first-order chi connectivity index (χ1) is 11.9. The van der Waals surface area contributed by atoms with Crippen LogP contribution in [0.5, 0.6) is 0 Å². The van der Waals surface area contributed by atoms with Crippen LogP contribution in [-0.2, 0) is 16.0 Å². The molecule has 2 rings (SSSR count). The molecule has 7 nitrogen and oxygen atoms in total. The van der Waals surface area contributed by atoms with Gasteiger partial charge in [0.05, 0.1) is 12.0 Å². The van der Waals surface area contributed by atoms with E-state index in [2.05, 4.69) is 10.1 Å². The normalized spacial score (nSPS) is 11.4. The van der Waals surface area contributed by atoms with Crippen molar-refractivity contribution in [3.05, 3.63) is 75.6 Å². The number of carbonyl (C=O) groups excluding carboxylic acids is 2. The number of esters is 1. The molecule has 0 aliphatic heterocycles. The second-order valence-electron chi connectivity index (χ2n) is 5.15. The second kappa shape index (κ2) is 8.00. The van der Waals surface area contributed by atoms with Crippen LogP contribution < -0.4 is 5.32 Å². The molecule has 0 saturated carbocycles.